The highest BCUT2D eigenvalue weighted by Crippen LogP contribution is 2.40. The Balaban J connectivity index is 1.92. The molecule has 0 spiro atoms. The molecule has 0 atom stereocenters. The minimum Gasteiger partial charge on any atom is -0.386 e. The molecule has 1 heterocycles. The second kappa shape index (κ2) is 8.93. The van der Waals surface area contributed by atoms with Gasteiger partial charge in [-0.3, -0.25) is 0 Å². The smallest absolute Gasteiger partial charge is 0.347 e. The number of carbonyl (C=O) groups excluding carboxylic acids is 2. The molecule has 0 aliphatic carbocycles. The van der Waals surface area contributed by atoms with Gasteiger partial charge in [-0.2, -0.15) is 0 Å². The van der Waals surface area contributed by atoms with E-state index in [0.29, 0.717) is 11.1 Å². The van der Waals surface area contributed by atoms with Gasteiger partial charge in [-0.15, -0.1) is 0 Å². The number of carbonyl (C=O) groups is 2. The maximum atomic E-state index is 13.2. The third-order valence-electron chi connectivity index (χ3n) is 5.59. The SMILES string of the molecule is O=C1OC(=O)C(=C(c2ccccc2)c2ccccc2)C1=C(c1ccccc1)c1ccccc1. The monoisotopic (exact) mass is 428 g/mol. The van der Waals surface area contributed by atoms with Crippen LogP contribution in [0.15, 0.2) is 132 Å². The van der Waals surface area contributed by atoms with E-state index in [4.69, 9.17) is 4.74 Å². The number of hydrogen-bond donors (Lipinski definition) is 0. The van der Waals surface area contributed by atoms with Crippen LogP contribution in [0, 0.1) is 0 Å². The fourth-order valence-corrected chi connectivity index (χ4v) is 4.17. The summed E-state index contributed by atoms with van der Waals surface area (Å²) in [5.74, 6) is -1.27. The average Bonchev–Trinajstić information content (AvgIpc) is 3.15. The zero-order chi connectivity index (χ0) is 22.6. The number of benzene rings is 4. The molecular weight excluding hydrogens is 408 g/mol. The summed E-state index contributed by atoms with van der Waals surface area (Å²) in [4.78, 5) is 26.4. The van der Waals surface area contributed by atoms with Crippen LogP contribution in [0.1, 0.15) is 22.3 Å². The Morgan fingerprint density at radius 1 is 0.394 bits per heavy atom. The first-order valence-corrected chi connectivity index (χ1v) is 10.7. The lowest BCUT2D eigenvalue weighted by Gasteiger charge is -2.15. The van der Waals surface area contributed by atoms with Crippen LogP contribution in [0.3, 0.4) is 0 Å². The summed E-state index contributed by atoms with van der Waals surface area (Å²) in [5, 5.41) is 0. The first-order chi connectivity index (χ1) is 16.2. The summed E-state index contributed by atoms with van der Waals surface area (Å²) in [6, 6.07) is 38.5. The summed E-state index contributed by atoms with van der Waals surface area (Å²) >= 11 is 0. The molecule has 4 aromatic carbocycles. The first kappa shape index (κ1) is 20.4. The van der Waals surface area contributed by atoms with Crippen molar-refractivity contribution < 1.29 is 14.3 Å². The average molecular weight is 428 g/mol. The molecule has 1 saturated heterocycles. The van der Waals surface area contributed by atoms with Gasteiger partial charge >= 0.3 is 11.9 Å². The Morgan fingerprint density at radius 3 is 0.879 bits per heavy atom. The van der Waals surface area contributed by atoms with Gasteiger partial charge in [0.15, 0.2) is 0 Å². The molecule has 0 bridgehead atoms. The second-order valence-electron chi connectivity index (χ2n) is 7.64. The Morgan fingerprint density at radius 2 is 0.636 bits per heavy atom. The van der Waals surface area contributed by atoms with Gasteiger partial charge in [-0.1, -0.05) is 121 Å². The van der Waals surface area contributed by atoms with Crippen LogP contribution in [0.5, 0.6) is 0 Å². The normalized spacial score (nSPS) is 13.1. The standard InChI is InChI=1S/C30H20O3/c31-29-27(25(21-13-5-1-6-14-21)22-15-7-2-8-16-22)28(30(32)33-29)26(23-17-9-3-10-18-23)24-19-11-4-12-20-24/h1-20H. The highest BCUT2D eigenvalue weighted by atomic mass is 16.6. The zero-order valence-corrected chi connectivity index (χ0v) is 17.8. The van der Waals surface area contributed by atoms with Crippen LogP contribution in [0.2, 0.25) is 0 Å². The van der Waals surface area contributed by atoms with E-state index in [0.717, 1.165) is 22.3 Å². The van der Waals surface area contributed by atoms with Crippen LogP contribution in [-0.4, -0.2) is 11.9 Å². The first-order valence-electron chi connectivity index (χ1n) is 10.7. The molecule has 5 rings (SSSR count). The third-order valence-corrected chi connectivity index (χ3v) is 5.59. The van der Waals surface area contributed by atoms with Gasteiger partial charge in [0.05, 0.1) is 11.1 Å². The summed E-state index contributed by atoms with van der Waals surface area (Å²) in [6.45, 7) is 0. The molecule has 0 amide bonds. The van der Waals surface area contributed by atoms with Gasteiger partial charge in [0.1, 0.15) is 0 Å². The molecular formula is C30H20O3. The van der Waals surface area contributed by atoms with Gasteiger partial charge in [-0.25, -0.2) is 9.59 Å². The molecule has 158 valence electrons. The highest BCUT2D eigenvalue weighted by molar-refractivity contribution is 6.27. The second-order valence-corrected chi connectivity index (χ2v) is 7.64. The van der Waals surface area contributed by atoms with Crippen molar-refractivity contribution in [1.82, 2.24) is 0 Å². The van der Waals surface area contributed by atoms with Gasteiger partial charge in [0.25, 0.3) is 0 Å². The van der Waals surface area contributed by atoms with Crippen LogP contribution in [0.4, 0.5) is 0 Å². The van der Waals surface area contributed by atoms with E-state index >= 15 is 0 Å². The Kier molecular flexibility index (Phi) is 5.52. The summed E-state index contributed by atoms with van der Waals surface area (Å²) in [7, 11) is 0. The Labute approximate surface area is 192 Å². The number of esters is 2. The van der Waals surface area contributed by atoms with Crippen molar-refractivity contribution in [2.24, 2.45) is 0 Å². The Hall–Kier alpha value is -4.50. The van der Waals surface area contributed by atoms with Gasteiger partial charge in [-0.05, 0) is 22.3 Å². The number of rotatable bonds is 4. The number of hydrogen-bond acceptors (Lipinski definition) is 3. The van der Waals surface area contributed by atoms with Crippen molar-refractivity contribution in [1.29, 1.82) is 0 Å². The predicted molar refractivity (Wildman–Crippen MR) is 129 cm³/mol. The minimum absolute atomic E-state index is 0.278. The summed E-state index contributed by atoms with van der Waals surface area (Å²) in [5.41, 5.74) is 5.25. The fourth-order valence-electron chi connectivity index (χ4n) is 4.17. The van der Waals surface area contributed by atoms with Gasteiger partial charge in [0, 0.05) is 11.1 Å². The highest BCUT2D eigenvalue weighted by Gasteiger charge is 2.39. The van der Waals surface area contributed by atoms with E-state index in [1.54, 1.807) is 0 Å². The molecule has 4 aromatic rings. The van der Waals surface area contributed by atoms with Crippen molar-refractivity contribution in [3.05, 3.63) is 155 Å². The molecule has 0 N–H and O–H groups in total. The van der Waals surface area contributed by atoms with E-state index in [-0.39, 0.29) is 11.1 Å². The minimum atomic E-state index is -0.637. The van der Waals surface area contributed by atoms with Crippen LogP contribution >= 0.6 is 0 Å². The maximum absolute atomic E-state index is 13.2. The number of cyclic esters (lactones) is 2. The predicted octanol–water partition coefficient (Wildman–Crippen LogP) is 6.07. The molecule has 0 saturated carbocycles. The molecule has 1 aliphatic rings. The van der Waals surface area contributed by atoms with Crippen LogP contribution in [0.25, 0.3) is 11.1 Å². The van der Waals surface area contributed by atoms with Crippen molar-refractivity contribution in [2.75, 3.05) is 0 Å². The van der Waals surface area contributed by atoms with E-state index < -0.39 is 11.9 Å². The lowest BCUT2D eigenvalue weighted by Crippen LogP contribution is -2.05. The molecule has 3 nitrogen and oxygen atoms in total. The third kappa shape index (κ3) is 3.92. The van der Waals surface area contributed by atoms with E-state index in [1.807, 2.05) is 121 Å². The van der Waals surface area contributed by atoms with E-state index in [2.05, 4.69) is 0 Å². The quantitative estimate of drug-likeness (QED) is 0.225. The molecule has 0 unspecified atom stereocenters. The van der Waals surface area contributed by atoms with E-state index in [1.165, 1.54) is 0 Å². The molecule has 0 radical (unpaired) electrons. The fraction of sp³-hybridized carbons (Fsp3) is 0. The Bertz CT molecular complexity index is 1180. The van der Waals surface area contributed by atoms with Crippen molar-refractivity contribution in [3.63, 3.8) is 0 Å². The summed E-state index contributed by atoms with van der Waals surface area (Å²) in [6.07, 6.45) is 0. The van der Waals surface area contributed by atoms with Crippen molar-refractivity contribution in [3.8, 4) is 0 Å². The molecule has 3 heteroatoms. The lowest BCUT2D eigenvalue weighted by molar-refractivity contribution is -0.149. The topological polar surface area (TPSA) is 43.4 Å². The maximum Gasteiger partial charge on any atom is 0.347 e. The lowest BCUT2D eigenvalue weighted by atomic mass is 9.85. The summed E-state index contributed by atoms with van der Waals surface area (Å²) < 4.78 is 5.24. The van der Waals surface area contributed by atoms with Crippen molar-refractivity contribution in [2.45, 2.75) is 0 Å². The molecule has 33 heavy (non-hydrogen) atoms. The van der Waals surface area contributed by atoms with Gasteiger partial charge < -0.3 is 4.74 Å². The van der Waals surface area contributed by atoms with E-state index in [9.17, 15) is 9.59 Å². The number of ether oxygens (including phenoxy) is 1. The van der Waals surface area contributed by atoms with Crippen molar-refractivity contribution >= 4 is 23.1 Å². The van der Waals surface area contributed by atoms with Crippen LogP contribution < -0.4 is 0 Å². The van der Waals surface area contributed by atoms with Gasteiger partial charge in [0.2, 0.25) is 0 Å². The molecule has 1 fully saturated rings. The molecule has 1 aliphatic heterocycles. The van der Waals surface area contributed by atoms with Crippen LogP contribution in [-0.2, 0) is 14.3 Å². The largest absolute Gasteiger partial charge is 0.386 e. The molecule has 0 aromatic heterocycles. The zero-order valence-electron chi connectivity index (χ0n) is 17.8.